The molecule has 7 nitrogen and oxygen atoms in total. The summed E-state index contributed by atoms with van der Waals surface area (Å²) in [7, 11) is 0. The second-order valence-electron chi connectivity index (χ2n) is 9.57. The molecule has 0 saturated carbocycles. The Morgan fingerprint density at radius 2 is 1.85 bits per heavy atom. The van der Waals surface area contributed by atoms with Crippen LogP contribution >= 0.6 is 34.5 Å². The van der Waals surface area contributed by atoms with Crippen molar-refractivity contribution in [3.05, 3.63) is 103 Å². The standard InChI is InChI=1S/C29H27Cl2N5O2S/c1-17(9-10-20-7-5-4-6-8-20)32-26(37)15-22-16-39-29-33-19(3)27(28(38)35(22)29)25-13-18(2)36(34-25)21-11-12-23(30)24(31)14-21/h4-8,11-14,16-17H,9-10,15H2,1-3H3,(H,32,37)/t17-/m0/s1. The van der Waals surface area contributed by atoms with Crippen molar-refractivity contribution in [1.29, 1.82) is 0 Å². The smallest absolute Gasteiger partial charge is 0.268 e. The molecule has 0 bridgehead atoms. The van der Waals surface area contributed by atoms with Gasteiger partial charge in [-0.3, -0.25) is 14.0 Å². The van der Waals surface area contributed by atoms with E-state index in [0.717, 1.165) is 24.2 Å². The Bertz CT molecular complexity index is 1730. The molecular formula is C29H27Cl2N5O2S. The van der Waals surface area contributed by atoms with Gasteiger partial charge in [0, 0.05) is 22.8 Å². The molecule has 2 aromatic carbocycles. The van der Waals surface area contributed by atoms with E-state index in [2.05, 4.69) is 22.4 Å². The summed E-state index contributed by atoms with van der Waals surface area (Å²) in [5.74, 6) is -0.135. The zero-order valence-corrected chi connectivity index (χ0v) is 24.1. The predicted molar refractivity (Wildman–Crippen MR) is 157 cm³/mol. The summed E-state index contributed by atoms with van der Waals surface area (Å²) in [6, 6.07) is 17.3. The van der Waals surface area contributed by atoms with Crippen LogP contribution in [0.15, 0.2) is 64.8 Å². The molecule has 0 saturated heterocycles. The van der Waals surface area contributed by atoms with E-state index in [1.165, 1.54) is 21.3 Å². The molecule has 3 heterocycles. The topological polar surface area (TPSA) is 81.3 Å². The van der Waals surface area contributed by atoms with Crippen molar-refractivity contribution in [2.75, 3.05) is 0 Å². The van der Waals surface area contributed by atoms with Crippen LogP contribution in [0, 0.1) is 13.8 Å². The first-order chi connectivity index (χ1) is 18.7. The number of hydrogen-bond donors (Lipinski definition) is 1. The summed E-state index contributed by atoms with van der Waals surface area (Å²) in [6.07, 6.45) is 1.78. The molecule has 0 unspecified atom stereocenters. The lowest BCUT2D eigenvalue weighted by molar-refractivity contribution is -0.121. The summed E-state index contributed by atoms with van der Waals surface area (Å²) < 4.78 is 3.23. The molecule has 0 aliphatic carbocycles. The van der Waals surface area contributed by atoms with Gasteiger partial charge in [0.1, 0.15) is 5.69 Å². The molecule has 1 atom stereocenters. The van der Waals surface area contributed by atoms with Gasteiger partial charge in [0.05, 0.1) is 33.4 Å². The lowest BCUT2D eigenvalue weighted by atomic mass is 10.1. The Balaban J connectivity index is 1.39. The third-order valence-electron chi connectivity index (χ3n) is 6.57. The van der Waals surface area contributed by atoms with E-state index in [9.17, 15) is 9.59 Å². The first-order valence-corrected chi connectivity index (χ1v) is 14.2. The maximum Gasteiger partial charge on any atom is 0.268 e. The van der Waals surface area contributed by atoms with Crippen molar-refractivity contribution in [3.63, 3.8) is 0 Å². The molecule has 0 aliphatic heterocycles. The molecule has 0 radical (unpaired) electrons. The number of thiazole rings is 1. The fraction of sp³-hybridized carbons (Fsp3) is 0.241. The van der Waals surface area contributed by atoms with Crippen LogP contribution in [-0.2, 0) is 17.6 Å². The molecule has 5 rings (SSSR count). The monoisotopic (exact) mass is 579 g/mol. The summed E-state index contributed by atoms with van der Waals surface area (Å²) in [5, 5.41) is 10.4. The number of hydrogen-bond acceptors (Lipinski definition) is 5. The van der Waals surface area contributed by atoms with Crippen molar-refractivity contribution in [2.24, 2.45) is 0 Å². The fourth-order valence-corrected chi connectivity index (χ4v) is 5.81. The van der Waals surface area contributed by atoms with E-state index in [1.54, 1.807) is 23.7 Å². The normalized spacial score (nSPS) is 12.1. The maximum atomic E-state index is 13.8. The lowest BCUT2D eigenvalue weighted by Gasteiger charge is -2.14. The molecule has 200 valence electrons. The number of nitrogens with zero attached hydrogens (tertiary/aromatic N) is 4. The zero-order chi connectivity index (χ0) is 27.7. The number of aryl methyl sites for hydroxylation is 3. The molecule has 0 fully saturated rings. The van der Waals surface area contributed by atoms with Crippen LogP contribution < -0.4 is 10.9 Å². The second kappa shape index (κ2) is 11.3. The van der Waals surface area contributed by atoms with Gasteiger partial charge in [0.2, 0.25) is 5.91 Å². The highest BCUT2D eigenvalue weighted by Gasteiger charge is 2.20. The predicted octanol–water partition coefficient (Wildman–Crippen LogP) is 6.21. The molecule has 1 amide bonds. The van der Waals surface area contributed by atoms with Crippen molar-refractivity contribution in [1.82, 2.24) is 24.5 Å². The van der Waals surface area contributed by atoms with E-state index in [-0.39, 0.29) is 23.9 Å². The first-order valence-electron chi connectivity index (χ1n) is 12.6. The van der Waals surface area contributed by atoms with Crippen LogP contribution in [-0.4, -0.2) is 31.1 Å². The minimum absolute atomic E-state index is 0.00330. The van der Waals surface area contributed by atoms with E-state index < -0.39 is 0 Å². The number of nitrogens with one attached hydrogen (secondary N) is 1. The maximum absolute atomic E-state index is 13.8. The van der Waals surface area contributed by atoms with Crippen LogP contribution in [0.3, 0.4) is 0 Å². The summed E-state index contributed by atoms with van der Waals surface area (Å²) >= 11 is 13.6. The number of benzene rings is 2. The average Bonchev–Trinajstić information content (AvgIpc) is 3.48. The number of carbonyl (C=O) groups excluding carboxylic acids is 1. The highest BCUT2D eigenvalue weighted by atomic mass is 35.5. The number of rotatable bonds is 8. The van der Waals surface area contributed by atoms with E-state index in [0.29, 0.717) is 37.7 Å². The highest BCUT2D eigenvalue weighted by Crippen LogP contribution is 2.27. The van der Waals surface area contributed by atoms with Crippen LogP contribution in [0.2, 0.25) is 10.0 Å². The van der Waals surface area contributed by atoms with Gasteiger partial charge in [-0.05, 0) is 63.4 Å². The Morgan fingerprint density at radius 1 is 1.08 bits per heavy atom. The highest BCUT2D eigenvalue weighted by molar-refractivity contribution is 7.15. The van der Waals surface area contributed by atoms with Crippen molar-refractivity contribution < 1.29 is 4.79 Å². The molecule has 3 aromatic heterocycles. The van der Waals surface area contributed by atoms with Gasteiger partial charge in [0.25, 0.3) is 5.56 Å². The zero-order valence-electron chi connectivity index (χ0n) is 21.7. The second-order valence-corrected chi connectivity index (χ2v) is 11.2. The Kier molecular flexibility index (Phi) is 7.88. The third kappa shape index (κ3) is 5.78. The Labute approximate surface area is 240 Å². The fourth-order valence-electron chi connectivity index (χ4n) is 4.59. The number of halogens is 2. The molecule has 5 aromatic rings. The molecule has 39 heavy (non-hydrogen) atoms. The van der Waals surface area contributed by atoms with Crippen molar-refractivity contribution >= 4 is 45.4 Å². The van der Waals surface area contributed by atoms with Gasteiger partial charge in [-0.25, -0.2) is 9.67 Å². The van der Waals surface area contributed by atoms with Crippen LogP contribution in [0.1, 0.15) is 36.0 Å². The van der Waals surface area contributed by atoms with E-state index in [4.69, 9.17) is 28.3 Å². The third-order valence-corrected chi connectivity index (χ3v) is 8.18. The molecule has 1 N–H and O–H groups in total. The molecule has 0 aliphatic rings. The number of fused-ring (bicyclic) bond motifs is 1. The van der Waals surface area contributed by atoms with Gasteiger partial charge in [-0.1, -0.05) is 53.5 Å². The average molecular weight is 581 g/mol. The number of amides is 1. The quantitative estimate of drug-likeness (QED) is 0.237. The number of aromatic nitrogens is 4. The summed E-state index contributed by atoms with van der Waals surface area (Å²) in [6.45, 7) is 5.69. The number of carbonyl (C=O) groups is 1. The van der Waals surface area contributed by atoms with Crippen LogP contribution in [0.25, 0.3) is 21.9 Å². The molecule has 0 spiro atoms. The van der Waals surface area contributed by atoms with Crippen LogP contribution in [0.4, 0.5) is 0 Å². The van der Waals surface area contributed by atoms with Gasteiger partial charge in [-0.2, -0.15) is 5.10 Å². The minimum atomic E-state index is -0.252. The Morgan fingerprint density at radius 3 is 2.59 bits per heavy atom. The van der Waals surface area contributed by atoms with Gasteiger partial charge >= 0.3 is 0 Å². The molecular weight excluding hydrogens is 553 g/mol. The lowest BCUT2D eigenvalue weighted by Crippen LogP contribution is -2.34. The summed E-state index contributed by atoms with van der Waals surface area (Å²) in [4.78, 5) is 31.9. The largest absolute Gasteiger partial charge is 0.353 e. The van der Waals surface area contributed by atoms with Gasteiger partial charge in [0.15, 0.2) is 4.96 Å². The van der Waals surface area contributed by atoms with Gasteiger partial charge < -0.3 is 5.32 Å². The van der Waals surface area contributed by atoms with Crippen LogP contribution in [0.5, 0.6) is 0 Å². The summed E-state index contributed by atoms with van der Waals surface area (Å²) in [5.41, 5.74) is 4.60. The molecule has 10 heteroatoms. The van der Waals surface area contributed by atoms with E-state index in [1.807, 2.05) is 49.6 Å². The first kappa shape index (κ1) is 27.1. The van der Waals surface area contributed by atoms with Crippen molar-refractivity contribution in [3.8, 4) is 16.9 Å². The minimum Gasteiger partial charge on any atom is -0.353 e. The van der Waals surface area contributed by atoms with E-state index >= 15 is 0 Å². The SMILES string of the molecule is Cc1nc2scc(CC(=O)N[C@@H](C)CCc3ccccc3)n2c(=O)c1-c1cc(C)n(-c2ccc(Cl)c(Cl)c2)n1. The van der Waals surface area contributed by atoms with Crippen molar-refractivity contribution in [2.45, 2.75) is 46.1 Å². The van der Waals surface area contributed by atoms with Gasteiger partial charge in [-0.15, -0.1) is 11.3 Å². The Hall–Kier alpha value is -3.46.